The number of benzene rings is 1. The first-order valence-corrected chi connectivity index (χ1v) is 7.39. The summed E-state index contributed by atoms with van der Waals surface area (Å²) in [6, 6.07) is 7.17. The molecule has 21 heavy (non-hydrogen) atoms. The normalized spacial score (nSPS) is 19.5. The summed E-state index contributed by atoms with van der Waals surface area (Å²) >= 11 is 0. The van der Waals surface area contributed by atoms with Gasteiger partial charge in [0.1, 0.15) is 6.04 Å². The Morgan fingerprint density at radius 1 is 1.29 bits per heavy atom. The van der Waals surface area contributed by atoms with Crippen LogP contribution in [0.3, 0.4) is 0 Å². The fourth-order valence-corrected chi connectivity index (χ4v) is 2.35. The number of carbonyl (C=O) groups excluding carboxylic acids is 2. The van der Waals surface area contributed by atoms with Crippen molar-refractivity contribution in [3.63, 3.8) is 0 Å². The quantitative estimate of drug-likeness (QED) is 0.802. The summed E-state index contributed by atoms with van der Waals surface area (Å²) in [7, 11) is 0. The van der Waals surface area contributed by atoms with E-state index in [9.17, 15) is 9.59 Å². The number of nitrogens with zero attached hydrogens (tertiary/aromatic N) is 1. The number of aryl methyl sites for hydroxylation is 1. The molecule has 0 amide bonds. The Morgan fingerprint density at radius 2 is 2.00 bits per heavy atom. The predicted molar refractivity (Wildman–Crippen MR) is 80.8 cm³/mol. The van der Waals surface area contributed by atoms with Gasteiger partial charge in [-0.3, -0.25) is 4.79 Å². The lowest BCUT2D eigenvalue weighted by Gasteiger charge is -2.26. The number of hydrogen-bond donors (Lipinski definition) is 0. The predicted octanol–water partition coefficient (Wildman–Crippen LogP) is 3.15. The SMILES string of the molecule is Cc1cccc(C(=O)[C@@H]2CCCN2OC(=O)C(C)(C)C)c1. The molecule has 0 aliphatic carbocycles. The average molecular weight is 289 g/mol. The second-order valence-corrected chi connectivity index (χ2v) is 6.66. The van der Waals surface area contributed by atoms with Gasteiger partial charge in [-0.1, -0.05) is 23.8 Å². The Hall–Kier alpha value is -1.68. The lowest BCUT2D eigenvalue weighted by atomic mass is 9.98. The van der Waals surface area contributed by atoms with E-state index in [0.717, 1.165) is 18.4 Å². The van der Waals surface area contributed by atoms with E-state index in [1.165, 1.54) is 0 Å². The summed E-state index contributed by atoms with van der Waals surface area (Å²) < 4.78 is 0. The maximum absolute atomic E-state index is 12.6. The summed E-state index contributed by atoms with van der Waals surface area (Å²) in [6.07, 6.45) is 1.59. The van der Waals surface area contributed by atoms with Crippen molar-refractivity contribution in [1.29, 1.82) is 0 Å². The van der Waals surface area contributed by atoms with Crippen molar-refractivity contribution in [2.75, 3.05) is 6.54 Å². The van der Waals surface area contributed by atoms with Crippen LogP contribution in [0, 0.1) is 12.3 Å². The average Bonchev–Trinajstić information content (AvgIpc) is 2.85. The molecule has 0 N–H and O–H groups in total. The van der Waals surface area contributed by atoms with Gasteiger partial charge in [0.05, 0.1) is 5.41 Å². The van der Waals surface area contributed by atoms with Gasteiger partial charge in [0.15, 0.2) is 5.78 Å². The number of ketones is 1. The zero-order chi connectivity index (χ0) is 15.6. The smallest absolute Gasteiger partial charge is 0.330 e. The van der Waals surface area contributed by atoms with Crippen LogP contribution in [0.2, 0.25) is 0 Å². The van der Waals surface area contributed by atoms with Crippen LogP contribution in [0.25, 0.3) is 0 Å². The molecule has 1 aliphatic rings. The van der Waals surface area contributed by atoms with Gasteiger partial charge in [0.25, 0.3) is 0 Å². The molecule has 1 aliphatic heterocycles. The van der Waals surface area contributed by atoms with Crippen molar-refractivity contribution >= 4 is 11.8 Å². The molecular formula is C17H23NO3. The highest BCUT2D eigenvalue weighted by Crippen LogP contribution is 2.25. The fourth-order valence-electron chi connectivity index (χ4n) is 2.35. The highest BCUT2D eigenvalue weighted by atomic mass is 16.7. The van der Waals surface area contributed by atoms with Crippen molar-refractivity contribution in [3.8, 4) is 0 Å². The minimum absolute atomic E-state index is 0.0258. The number of Topliss-reactive ketones (excluding diaryl/α,β-unsaturated/α-hetero) is 1. The van der Waals surface area contributed by atoms with Gasteiger partial charge in [0.2, 0.25) is 0 Å². The number of hydrogen-bond acceptors (Lipinski definition) is 4. The standard InChI is InChI=1S/C17H23NO3/c1-12-7-5-8-13(11-12)15(19)14-9-6-10-18(14)21-16(20)17(2,3)4/h5,7-8,11,14H,6,9-10H2,1-4H3/t14-/m0/s1. The van der Waals surface area contributed by atoms with Gasteiger partial charge < -0.3 is 4.84 Å². The zero-order valence-electron chi connectivity index (χ0n) is 13.2. The van der Waals surface area contributed by atoms with E-state index in [4.69, 9.17) is 4.84 Å². The summed E-state index contributed by atoms with van der Waals surface area (Å²) in [6.45, 7) is 8.00. The van der Waals surface area contributed by atoms with Gasteiger partial charge in [-0.15, -0.1) is 5.06 Å². The van der Waals surface area contributed by atoms with E-state index in [1.54, 1.807) is 5.06 Å². The molecule has 1 aromatic carbocycles. The van der Waals surface area contributed by atoms with Crippen molar-refractivity contribution in [2.45, 2.75) is 46.6 Å². The van der Waals surface area contributed by atoms with Crippen molar-refractivity contribution in [2.24, 2.45) is 5.41 Å². The molecule has 1 fully saturated rings. The van der Waals surface area contributed by atoms with Crippen molar-refractivity contribution in [1.82, 2.24) is 5.06 Å². The van der Waals surface area contributed by atoms with Crippen molar-refractivity contribution in [3.05, 3.63) is 35.4 Å². The Bertz CT molecular complexity index is 545. The zero-order valence-corrected chi connectivity index (χ0v) is 13.2. The van der Waals surface area contributed by atoms with Crippen LogP contribution in [-0.2, 0) is 9.63 Å². The van der Waals surface area contributed by atoms with Crippen molar-refractivity contribution < 1.29 is 14.4 Å². The number of hydroxylamine groups is 2. The summed E-state index contributed by atoms with van der Waals surface area (Å²) in [5.74, 6) is -0.274. The maximum atomic E-state index is 12.6. The lowest BCUT2D eigenvalue weighted by molar-refractivity contribution is -0.200. The van der Waals surface area contributed by atoms with E-state index in [0.29, 0.717) is 12.1 Å². The van der Waals surface area contributed by atoms with Crippen LogP contribution < -0.4 is 0 Å². The molecule has 4 nitrogen and oxygen atoms in total. The van der Waals surface area contributed by atoms with Crippen LogP contribution in [0.5, 0.6) is 0 Å². The van der Waals surface area contributed by atoms with Crippen LogP contribution in [-0.4, -0.2) is 29.4 Å². The summed E-state index contributed by atoms with van der Waals surface area (Å²) in [5.41, 5.74) is 1.16. The van der Waals surface area contributed by atoms with Gasteiger partial charge in [-0.2, -0.15) is 0 Å². The Morgan fingerprint density at radius 3 is 2.62 bits per heavy atom. The Kier molecular flexibility index (Phi) is 4.47. The summed E-state index contributed by atoms with van der Waals surface area (Å²) in [4.78, 5) is 30.0. The van der Waals surface area contributed by atoms with E-state index < -0.39 is 5.41 Å². The fraction of sp³-hybridized carbons (Fsp3) is 0.529. The summed E-state index contributed by atoms with van der Waals surface area (Å²) in [5, 5.41) is 1.55. The molecule has 0 unspecified atom stereocenters. The van der Waals surface area contributed by atoms with Crippen LogP contribution >= 0.6 is 0 Å². The monoisotopic (exact) mass is 289 g/mol. The molecule has 114 valence electrons. The van der Waals surface area contributed by atoms with E-state index in [1.807, 2.05) is 52.0 Å². The minimum atomic E-state index is -0.570. The third kappa shape index (κ3) is 3.70. The topological polar surface area (TPSA) is 46.6 Å². The van der Waals surface area contributed by atoms with Gasteiger partial charge in [-0.05, 0) is 46.6 Å². The second kappa shape index (κ2) is 5.98. The Balaban J connectivity index is 2.11. The van der Waals surface area contributed by atoms with Crippen LogP contribution in [0.15, 0.2) is 24.3 Å². The van der Waals surface area contributed by atoms with Gasteiger partial charge >= 0.3 is 5.97 Å². The molecule has 0 radical (unpaired) electrons. The van der Waals surface area contributed by atoms with E-state index in [2.05, 4.69) is 0 Å². The highest BCUT2D eigenvalue weighted by molar-refractivity contribution is 6.00. The first-order valence-electron chi connectivity index (χ1n) is 7.39. The molecule has 1 saturated heterocycles. The first-order chi connectivity index (χ1) is 9.79. The minimum Gasteiger partial charge on any atom is -0.367 e. The maximum Gasteiger partial charge on any atom is 0.330 e. The van der Waals surface area contributed by atoms with Gasteiger partial charge in [0, 0.05) is 12.1 Å². The molecule has 0 aromatic heterocycles. The van der Waals surface area contributed by atoms with E-state index in [-0.39, 0.29) is 17.8 Å². The van der Waals surface area contributed by atoms with E-state index >= 15 is 0 Å². The number of carbonyl (C=O) groups is 2. The van der Waals surface area contributed by atoms with Crippen LogP contribution in [0.1, 0.15) is 49.5 Å². The molecule has 0 bridgehead atoms. The third-order valence-electron chi connectivity index (χ3n) is 3.62. The first kappa shape index (κ1) is 15.7. The van der Waals surface area contributed by atoms with Gasteiger partial charge in [-0.25, -0.2) is 4.79 Å². The van der Waals surface area contributed by atoms with Crippen LogP contribution in [0.4, 0.5) is 0 Å². The molecule has 1 aromatic rings. The molecule has 0 saturated carbocycles. The molecule has 2 rings (SSSR count). The largest absolute Gasteiger partial charge is 0.367 e. The number of rotatable bonds is 3. The molecule has 1 heterocycles. The molecule has 1 atom stereocenters. The molecule has 4 heteroatoms. The lowest BCUT2D eigenvalue weighted by Crippen LogP contribution is -2.40. The molecule has 0 spiro atoms. The highest BCUT2D eigenvalue weighted by Gasteiger charge is 2.36. The molecular weight excluding hydrogens is 266 g/mol. The second-order valence-electron chi connectivity index (χ2n) is 6.66. The third-order valence-corrected chi connectivity index (χ3v) is 3.62. The Labute approximate surface area is 126 Å².